The molecule has 0 amide bonds. The van der Waals surface area contributed by atoms with Crippen LogP contribution in [0.25, 0.3) is 0 Å². The van der Waals surface area contributed by atoms with Crippen molar-refractivity contribution in [2.45, 2.75) is 52.4 Å². The minimum Gasteiger partial charge on any atom is -0.468 e. The van der Waals surface area contributed by atoms with Crippen LogP contribution < -0.4 is 0 Å². The molecule has 3 heteroatoms. The number of ether oxygens (including phenoxy) is 1. The largest absolute Gasteiger partial charge is 0.468 e. The van der Waals surface area contributed by atoms with Gasteiger partial charge < -0.3 is 4.74 Å². The van der Waals surface area contributed by atoms with E-state index in [0.717, 1.165) is 25.7 Å². The highest BCUT2D eigenvalue weighted by Gasteiger charge is 2.34. The second-order valence-corrected chi connectivity index (χ2v) is 5.02. The van der Waals surface area contributed by atoms with E-state index in [9.17, 15) is 9.59 Å². The fourth-order valence-electron chi connectivity index (χ4n) is 2.83. The van der Waals surface area contributed by atoms with Crippen LogP contribution in [0, 0.1) is 17.8 Å². The van der Waals surface area contributed by atoms with Crippen molar-refractivity contribution in [3.05, 3.63) is 0 Å². The Kier molecular flexibility index (Phi) is 5.66. The Bertz CT molecular complexity index is 273. The zero-order chi connectivity index (χ0) is 12.8. The highest BCUT2D eigenvalue weighted by molar-refractivity contribution is 6.00. The van der Waals surface area contributed by atoms with Crippen LogP contribution in [0.5, 0.6) is 0 Å². The quantitative estimate of drug-likeness (QED) is 0.548. The Morgan fingerprint density at radius 3 is 2.53 bits per heavy atom. The third-order valence-electron chi connectivity index (χ3n) is 4.00. The molecule has 0 radical (unpaired) electrons. The monoisotopic (exact) mass is 240 g/mol. The molecule has 1 saturated carbocycles. The van der Waals surface area contributed by atoms with Crippen molar-refractivity contribution in [1.82, 2.24) is 0 Å². The lowest BCUT2D eigenvalue weighted by Crippen LogP contribution is -2.33. The van der Waals surface area contributed by atoms with Crippen LogP contribution in [-0.2, 0) is 14.3 Å². The third-order valence-corrected chi connectivity index (χ3v) is 4.00. The molecule has 1 aliphatic carbocycles. The van der Waals surface area contributed by atoms with Crippen molar-refractivity contribution in [2.24, 2.45) is 17.8 Å². The van der Waals surface area contributed by atoms with Crippen molar-refractivity contribution in [3.63, 3.8) is 0 Å². The predicted molar refractivity (Wildman–Crippen MR) is 66.5 cm³/mol. The number of ketones is 1. The fraction of sp³-hybridized carbons (Fsp3) is 0.857. The van der Waals surface area contributed by atoms with E-state index in [0.29, 0.717) is 12.3 Å². The molecule has 17 heavy (non-hydrogen) atoms. The molecule has 0 N–H and O–H groups in total. The number of Topliss-reactive ketones (excluding diaryl/α,β-unsaturated/α-hetero) is 1. The zero-order valence-electron chi connectivity index (χ0n) is 11.2. The van der Waals surface area contributed by atoms with E-state index in [1.54, 1.807) is 0 Å². The van der Waals surface area contributed by atoms with E-state index in [2.05, 4.69) is 6.92 Å². The van der Waals surface area contributed by atoms with Crippen LogP contribution in [0.3, 0.4) is 0 Å². The maximum absolute atomic E-state index is 12.3. The molecule has 0 bridgehead atoms. The van der Waals surface area contributed by atoms with Gasteiger partial charge >= 0.3 is 5.97 Å². The molecule has 0 aliphatic heterocycles. The minimum absolute atomic E-state index is 0.0812. The predicted octanol–water partition coefficient (Wildman–Crippen LogP) is 2.97. The molecule has 98 valence electrons. The minimum atomic E-state index is -0.541. The Balaban J connectivity index is 2.64. The Labute approximate surface area is 104 Å². The van der Waals surface area contributed by atoms with Crippen LogP contribution in [0.1, 0.15) is 52.4 Å². The fourth-order valence-corrected chi connectivity index (χ4v) is 2.83. The third kappa shape index (κ3) is 3.55. The van der Waals surface area contributed by atoms with E-state index < -0.39 is 5.92 Å². The van der Waals surface area contributed by atoms with Crippen LogP contribution in [-0.4, -0.2) is 18.9 Å². The van der Waals surface area contributed by atoms with E-state index in [-0.39, 0.29) is 17.7 Å². The van der Waals surface area contributed by atoms with Crippen LogP contribution in [0.4, 0.5) is 0 Å². The van der Waals surface area contributed by atoms with Gasteiger partial charge in [-0.3, -0.25) is 9.59 Å². The second-order valence-electron chi connectivity index (χ2n) is 5.02. The van der Waals surface area contributed by atoms with Crippen molar-refractivity contribution in [1.29, 1.82) is 0 Å². The average Bonchev–Trinajstić information content (AvgIpc) is 2.39. The Morgan fingerprint density at radius 1 is 1.29 bits per heavy atom. The lowest BCUT2D eigenvalue weighted by Gasteiger charge is -2.29. The lowest BCUT2D eigenvalue weighted by molar-refractivity contribution is -0.151. The van der Waals surface area contributed by atoms with Gasteiger partial charge in [0.05, 0.1) is 7.11 Å². The number of carbonyl (C=O) groups excluding carboxylic acids is 2. The van der Waals surface area contributed by atoms with Gasteiger partial charge in [-0.15, -0.1) is 0 Å². The van der Waals surface area contributed by atoms with Gasteiger partial charge in [0.1, 0.15) is 11.7 Å². The van der Waals surface area contributed by atoms with Crippen LogP contribution >= 0.6 is 0 Å². The van der Waals surface area contributed by atoms with Crippen LogP contribution in [0.15, 0.2) is 0 Å². The van der Waals surface area contributed by atoms with Crippen LogP contribution in [0.2, 0.25) is 0 Å². The molecule has 0 aromatic rings. The van der Waals surface area contributed by atoms with E-state index in [1.807, 2.05) is 6.92 Å². The van der Waals surface area contributed by atoms with Gasteiger partial charge in [0, 0.05) is 5.92 Å². The average molecular weight is 240 g/mol. The summed E-state index contributed by atoms with van der Waals surface area (Å²) in [7, 11) is 1.36. The van der Waals surface area contributed by atoms with E-state index in [1.165, 1.54) is 13.5 Å². The normalized spacial score (nSPS) is 26.3. The molecule has 3 nitrogen and oxygen atoms in total. The van der Waals surface area contributed by atoms with Crippen molar-refractivity contribution in [3.8, 4) is 0 Å². The molecule has 0 aromatic carbocycles. The molecule has 1 rings (SSSR count). The molecular weight excluding hydrogens is 216 g/mol. The number of hydrogen-bond donors (Lipinski definition) is 0. The standard InChI is InChI=1S/C14H24O3/c1-4-10-7-6-8-11(9-10)13(15)12(5-2)14(16)17-3/h10-12H,4-9H2,1-3H3. The number of hydrogen-bond acceptors (Lipinski definition) is 3. The summed E-state index contributed by atoms with van der Waals surface area (Å²) >= 11 is 0. The van der Waals surface area contributed by atoms with E-state index in [4.69, 9.17) is 4.74 Å². The summed E-state index contributed by atoms with van der Waals surface area (Å²) in [6, 6.07) is 0. The molecule has 3 unspecified atom stereocenters. The number of rotatable bonds is 5. The maximum Gasteiger partial charge on any atom is 0.316 e. The van der Waals surface area contributed by atoms with Gasteiger partial charge in [0.2, 0.25) is 0 Å². The molecule has 0 aromatic heterocycles. The van der Waals surface area contributed by atoms with Gasteiger partial charge in [-0.2, -0.15) is 0 Å². The summed E-state index contributed by atoms with van der Waals surface area (Å²) in [5.74, 6) is -0.0557. The van der Waals surface area contributed by atoms with Gasteiger partial charge in [0.15, 0.2) is 0 Å². The summed E-state index contributed by atoms with van der Waals surface area (Å²) in [6.45, 7) is 4.05. The topological polar surface area (TPSA) is 43.4 Å². The second kappa shape index (κ2) is 6.77. The van der Waals surface area contributed by atoms with Crippen molar-refractivity contribution >= 4 is 11.8 Å². The molecule has 1 aliphatic rings. The zero-order valence-corrected chi connectivity index (χ0v) is 11.2. The highest BCUT2D eigenvalue weighted by Crippen LogP contribution is 2.33. The summed E-state index contributed by atoms with van der Waals surface area (Å²) < 4.78 is 4.71. The van der Waals surface area contributed by atoms with Crippen molar-refractivity contribution in [2.75, 3.05) is 7.11 Å². The summed E-state index contributed by atoms with van der Waals surface area (Å²) in [4.78, 5) is 23.8. The maximum atomic E-state index is 12.3. The Morgan fingerprint density at radius 2 is 2.00 bits per heavy atom. The van der Waals surface area contributed by atoms with Gasteiger partial charge in [-0.1, -0.05) is 33.1 Å². The molecule has 0 spiro atoms. The molecule has 3 atom stereocenters. The molecule has 1 fully saturated rings. The van der Waals surface area contributed by atoms with Gasteiger partial charge in [-0.25, -0.2) is 0 Å². The number of esters is 1. The first-order chi connectivity index (χ1) is 8.13. The van der Waals surface area contributed by atoms with Gasteiger partial charge in [-0.05, 0) is 25.2 Å². The summed E-state index contributed by atoms with van der Waals surface area (Å²) in [6.07, 6.45) is 5.95. The van der Waals surface area contributed by atoms with E-state index >= 15 is 0 Å². The number of carbonyl (C=O) groups is 2. The highest BCUT2D eigenvalue weighted by atomic mass is 16.5. The van der Waals surface area contributed by atoms with Crippen molar-refractivity contribution < 1.29 is 14.3 Å². The van der Waals surface area contributed by atoms with Gasteiger partial charge in [0.25, 0.3) is 0 Å². The first-order valence-electron chi connectivity index (χ1n) is 6.75. The first-order valence-corrected chi connectivity index (χ1v) is 6.75. The molecular formula is C14H24O3. The lowest BCUT2D eigenvalue weighted by atomic mass is 9.75. The molecule has 0 saturated heterocycles. The Hall–Kier alpha value is -0.860. The smallest absolute Gasteiger partial charge is 0.316 e. The summed E-state index contributed by atoms with van der Waals surface area (Å²) in [5.41, 5.74) is 0. The number of methoxy groups -OCH3 is 1. The molecule has 0 heterocycles. The SMILES string of the molecule is CCC1CCCC(C(=O)C(CC)C(=O)OC)C1. The summed E-state index contributed by atoms with van der Waals surface area (Å²) in [5, 5.41) is 0. The first kappa shape index (κ1) is 14.2.